The van der Waals surface area contributed by atoms with Gasteiger partial charge < -0.3 is 15.4 Å². The highest BCUT2D eigenvalue weighted by Gasteiger charge is 2.21. The maximum absolute atomic E-state index is 5.66. The Bertz CT molecular complexity index is 1050. The molecule has 0 unspecified atom stereocenters. The Morgan fingerprint density at radius 3 is 2.48 bits per heavy atom. The number of ether oxygens (including phenoxy) is 1. The summed E-state index contributed by atoms with van der Waals surface area (Å²) in [5, 5.41) is 0. The molecule has 1 fully saturated rings. The van der Waals surface area contributed by atoms with Gasteiger partial charge in [-0.3, -0.25) is 4.57 Å². The zero-order chi connectivity index (χ0) is 22.2. The van der Waals surface area contributed by atoms with Crippen molar-refractivity contribution in [2.24, 2.45) is 0 Å². The van der Waals surface area contributed by atoms with Crippen LogP contribution in [0.5, 0.6) is 0 Å². The van der Waals surface area contributed by atoms with Crippen molar-refractivity contribution in [3.8, 4) is 11.3 Å². The monoisotopic (exact) mass is 422 g/mol. The van der Waals surface area contributed by atoms with Crippen molar-refractivity contribution >= 4 is 28.8 Å². The Labute approximate surface area is 182 Å². The lowest BCUT2D eigenvalue weighted by Gasteiger charge is -2.27. The summed E-state index contributed by atoms with van der Waals surface area (Å²) in [5.41, 5.74) is 9.55. The minimum absolute atomic E-state index is 0.222. The van der Waals surface area contributed by atoms with Crippen LogP contribution in [0.15, 0.2) is 36.9 Å². The van der Waals surface area contributed by atoms with E-state index in [-0.39, 0.29) is 5.95 Å². The minimum Gasteiger partial charge on any atom is -0.378 e. The van der Waals surface area contributed by atoms with Crippen LogP contribution in [0.2, 0.25) is 0 Å². The van der Waals surface area contributed by atoms with Crippen LogP contribution in [-0.4, -0.2) is 55.8 Å². The molecule has 164 valence electrons. The zero-order valence-electron chi connectivity index (χ0n) is 18.6. The predicted molar refractivity (Wildman–Crippen MR) is 125 cm³/mol. The highest BCUT2D eigenvalue weighted by molar-refractivity contribution is 5.90. The summed E-state index contributed by atoms with van der Waals surface area (Å²) >= 11 is 0. The summed E-state index contributed by atoms with van der Waals surface area (Å²) in [6, 6.07) is 0. The average Bonchev–Trinajstić information content (AvgIpc) is 3.25. The van der Waals surface area contributed by atoms with Crippen LogP contribution in [0.3, 0.4) is 0 Å². The summed E-state index contributed by atoms with van der Waals surface area (Å²) in [4.78, 5) is 24.7. The number of nitrogens with two attached hydrogens (primary N) is 1. The third-order valence-electron chi connectivity index (χ3n) is 4.65. The van der Waals surface area contributed by atoms with Crippen molar-refractivity contribution < 1.29 is 4.74 Å². The molecule has 2 N–H and O–H groups in total. The van der Waals surface area contributed by atoms with E-state index in [4.69, 9.17) is 20.4 Å². The van der Waals surface area contributed by atoms with Crippen LogP contribution in [0.4, 0.5) is 11.9 Å². The van der Waals surface area contributed by atoms with Gasteiger partial charge in [0.2, 0.25) is 11.9 Å². The van der Waals surface area contributed by atoms with Gasteiger partial charge in [-0.15, -0.1) is 0 Å². The Kier molecular flexibility index (Phi) is 7.66. The van der Waals surface area contributed by atoms with Crippen LogP contribution < -0.4 is 10.6 Å². The second kappa shape index (κ2) is 10.6. The molecule has 4 heterocycles. The van der Waals surface area contributed by atoms with E-state index in [1.165, 1.54) is 0 Å². The highest BCUT2D eigenvalue weighted by atomic mass is 16.5. The molecule has 4 rings (SSSR count). The predicted octanol–water partition coefficient (Wildman–Crippen LogP) is 3.56. The summed E-state index contributed by atoms with van der Waals surface area (Å²) in [6.45, 7) is 10.9. The van der Waals surface area contributed by atoms with E-state index in [1.807, 2.05) is 37.5 Å². The number of morpholine rings is 1. The van der Waals surface area contributed by atoms with Gasteiger partial charge in [0.1, 0.15) is 17.5 Å². The first-order chi connectivity index (χ1) is 15.2. The molecule has 1 aliphatic heterocycles. The van der Waals surface area contributed by atoms with Gasteiger partial charge in [0.25, 0.3) is 0 Å². The number of nitrogens with zero attached hydrogens (tertiary/aromatic N) is 7. The topological polar surface area (TPSA) is 108 Å². The van der Waals surface area contributed by atoms with Crippen molar-refractivity contribution in [1.29, 1.82) is 0 Å². The maximum atomic E-state index is 5.66. The van der Waals surface area contributed by atoms with E-state index in [9.17, 15) is 0 Å². The Morgan fingerprint density at radius 2 is 1.84 bits per heavy atom. The van der Waals surface area contributed by atoms with E-state index in [1.54, 1.807) is 18.7 Å². The molecular weight excluding hydrogens is 392 g/mol. The number of hydrogen-bond donors (Lipinski definition) is 1. The lowest BCUT2D eigenvalue weighted by molar-refractivity contribution is 0.122. The first kappa shape index (κ1) is 22.4. The summed E-state index contributed by atoms with van der Waals surface area (Å²) in [7, 11) is 0. The smallest absolute Gasteiger partial charge is 0.228 e. The molecule has 3 aromatic rings. The molecule has 1 aliphatic rings. The van der Waals surface area contributed by atoms with E-state index in [2.05, 4.69) is 32.9 Å². The second-order valence-corrected chi connectivity index (χ2v) is 6.63. The molecule has 0 radical (unpaired) electrons. The molecule has 1 saturated heterocycles. The molecular formula is C22H30N8O. The van der Waals surface area contributed by atoms with Crippen molar-refractivity contribution in [1.82, 2.24) is 29.5 Å². The first-order valence-electron chi connectivity index (χ1n) is 10.7. The first-order valence-corrected chi connectivity index (χ1v) is 10.7. The molecule has 9 heteroatoms. The van der Waals surface area contributed by atoms with Gasteiger partial charge in [-0.1, -0.05) is 32.9 Å². The molecule has 0 amide bonds. The number of imidazole rings is 1. The fraction of sp³-hybridized carbons (Fsp3) is 0.409. The number of rotatable bonds is 5. The van der Waals surface area contributed by atoms with Crippen LogP contribution in [0, 0.1) is 0 Å². The quantitative estimate of drug-likeness (QED) is 0.622. The number of anilines is 2. The van der Waals surface area contributed by atoms with Crippen LogP contribution in [0.25, 0.3) is 28.1 Å². The molecule has 0 aromatic carbocycles. The molecule has 0 saturated carbocycles. The molecule has 3 aromatic heterocycles. The van der Waals surface area contributed by atoms with E-state index in [0.717, 1.165) is 36.4 Å². The average molecular weight is 423 g/mol. The van der Waals surface area contributed by atoms with Gasteiger partial charge in [-0.2, -0.15) is 4.98 Å². The van der Waals surface area contributed by atoms with Gasteiger partial charge >= 0.3 is 0 Å². The van der Waals surface area contributed by atoms with E-state index in [0.29, 0.717) is 30.4 Å². The van der Waals surface area contributed by atoms with Gasteiger partial charge in [0.15, 0.2) is 5.65 Å². The van der Waals surface area contributed by atoms with Crippen LogP contribution in [-0.2, 0) is 4.74 Å². The normalized spacial score (nSPS) is 14.7. The number of allylic oxidation sites excluding steroid dienone is 4. The van der Waals surface area contributed by atoms with Gasteiger partial charge in [-0.25, -0.2) is 19.9 Å². The van der Waals surface area contributed by atoms with Gasteiger partial charge in [0.05, 0.1) is 13.2 Å². The van der Waals surface area contributed by atoms with E-state index >= 15 is 0 Å². The van der Waals surface area contributed by atoms with Crippen LogP contribution >= 0.6 is 0 Å². The SMILES string of the molecule is C/C=C\C(=C/CC)n1cnc2c(-c3cnc(N)nc3)nc(N3CCOCC3)nc21.CC. The van der Waals surface area contributed by atoms with Crippen molar-refractivity contribution in [3.63, 3.8) is 0 Å². The second-order valence-electron chi connectivity index (χ2n) is 6.63. The zero-order valence-corrected chi connectivity index (χ0v) is 18.6. The minimum atomic E-state index is 0.222. The molecule has 0 bridgehead atoms. The molecule has 0 aliphatic carbocycles. The largest absolute Gasteiger partial charge is 0.378 e. The maximum Gasteiger partial charge on any atom is 0.228 e. The molecule has 0 atom stereocenters. The van der Waals surface area contributed by atoms with Crippen molar-refractivity contribution in [3.05, 3.63) is 36.9 Å². The van der Waals surface area contributed by atoms with Gasteiger partial charge in [0, 0.05) is 36.7 Å². The molecule has 31 heavy (non-hydrogen) atoms. The van der Waals surface area contributed by atoms with E-state index < -0.39 is 0 Å². The Balaban J connectivity index is 0.00000132. The summed E-state index contributed by atoms with van der Waals surface area (Å²) in [5.74, 6) is 0.866. The number of hydrogen-bond acceptors (Lipinski definition) is 8. The third-order valence-corrected chi connectivity index (χ3v) is 4.65. The molecule has 9 nitrogen and oxygen atoms in total. The van der Waals surface area contributed by atoms with Crippen molar-refractivity contribution in [2.75, 3.05) is 36.9 Å². The van der Waals surface area contributed by atoms with Crippen LogP contribution in [0.1, 0.15) is 34.1 Å². The fourth-order valence-corrected chi connectivity index (χ4v) is 3.27. The third kappa shape index (κ3) is 4.88. The standard InChI is InChI=1S/C20H24N8O.C2H6/c1-3-5-15(6-4-2)28-13-24-17-16(14-11-22-19(21)23-12-14)25-20(26-18(17)28)27-7-9-29-10-8-27;1-2/h3,5-6,11-13H,4,7-10H2,1-2H3,(H2,21,22,23);1-2H3/b5-3-,15-6+;. The Hall–Kier alpha value is -3.33. The highest BCUT2D eigenvalue weighted by Crippen LogP contribution is 2.29. The lowest BCUT2D eigenvalue weighted by Crippen LogP contribution is -2.37. The Morgan fingerprint density at radius 1 is 1.13 bits per heavy atom. The number of fused-ring (bicyclic) bond motifs is 1. The summed E-state index contributed by atoms with van der Waals surface area (Å²) in [6.07, 6.45) is 12.2. The molecule has 0 spiro atoms. The fourth-order valence-electron chi connectivity index (χ4n) is 3.27. The van der Waals surface area contributed by atoms with Crippen molar-refractivity contribution in [2.45, 2.75) is 34.1 Å². The lowest BCUT2D eigenvalue weighted by atomic mass is 10.2. The number of nitrogen functional groups attached to an aromatic ring is 1. The van der Waals surface area contributed by atoms with Gasteiger partial charge in [-0.05, 0) is 19.4 Å². The number of aromatic nitrogens is 6. The summed E-state index contributed by atoms with van der Waals surface area (Å²) < 4.78 is 7.47.